The van der Waals surface area contributed by atoms with Gasteiger partial charge < -0.3 is 18.6 Å². The Morgan fingerprint density at radius 3 is 2.68 bits per heavy atom. The highest BCUT2D eigenvalue weighted by atomic mass is 16.6. The molecule has 0 saturated heterocycles. The summed E-state index contributed by atoms with van der Waals surface area (Å²) in [7, 11) is 1.52. The van der Waals surface area contributed by atoms with Gasteiger partial charge >= 0.3 is 0 Å². The predicted octanol–water partition coefficient (Wildman–Crippen LogP) is 3.83. The summed E-state index contributed by atoms with van der Waals surface area (Å²) in [5.41, 5.74) is 2.74. The second kappa shape index (κ2) is 10.5. The maximum absolute atomic E-state index is 12.2. The van der Waals surface area contributed by atoms with Crippen molar-refractivity contribution in [1.29, 1.82) is 5.26 Å². The number of furan rings is 1. The Labute approximate surface area is 211 Å². The molecular weight excluding hydrogens is 482 g/mol. The number of aryl methyl sites for hydroxylation is 2. The first-order valence-corrected chi connectivity index (χ1v) is 11.1. The van der Waals surface area contributed by atoms with Crippen LogP contribution in [0.4, 0.5) is 5.69 Å². The van der Waals surface area contributed by atoms with Crippen molar-refractivity contribution in [2.24, 2.45) is 5.10 Å². The molecule has 0 N–H and O–H groups in total. The molecule has 0 aliphatic carbocycles. The first-order chi connectivity index (χ1) is 17.7. The van der Waals surface area contributed by atoms with Crippen molar-refractivity contribution >= 4 is 17.5 Å². The number of carbonyl (C=O) groups excluding carboxylic acids is 1. The number of hydrogen-bond donors (Lipinski definition) is 0. The smallest absolute Gasteiger partial charge is 0.277 e. The van der Waals surface area contributed by atoms with E-state index in [1.54, 1.807) is 31.2 Å². The minimum atomic E-state index is -0.944. The molecule has 4 rings (SSSR count). The van der Waals surface area contributed by atoms with Crippen molar-refractivity contribution in [2.45, 2.75) is 33.6 Å². The van der Waals surface area contributed by atoms with Gasteiger partial charge in [0.2, 0.25) is 18.0 Å². The van der Waals surface area contributed by atoms with Crippen LogP contribution >= 0.6 is 0 Å². The normalized spacial score (nSPS) is 14.6. The highest BCUT2D eigenvalue weighted by Crippen LogP contribution is 2.31. The van der Waals surface area contributed by atoms with Crippen molar-refractivity contribution < 1.29 is 28.3 Å². The number of amides is 1. The van der Waals surface area contributed by atoms with E-state index < -0.39 is 17.1 Å². The fraction of sp³-hybridized carbons (Fsp3) is 0.280. The minimum absolute atomic E-state index is 0.0379. The van der Waals surface area contributed by atoms with Crippen LogP contribution in [0.25, 0.3) is 11.3 Å². The number of aromatic nitrogens is 1. The lowest BCUT2D eigenvalue weighted by Gasteiger charge is -2.19. The number of nitro benzene ring substituents is 1. The molecule has 0 fully saturated rings. The number of carbonyl (C=O) groups is 1. The number of non-ortho nitro benzene ring substituents is 1. The zero-order valence-corrected chi connectivity index (χ0v) is 20.5. The lowest BCUT2D eigenvalue weighted by molar-refractivity contribution is -0.384. The molecule has 12 heteroatoms. The molecule has 0 unspecified atom stereocenters. The minimum Gasteiger partial charge on any atom is -0.471 e. The zero-order valence-electron chi connectivity index (χ0n) is 20.5. The SMILES string of the molecule is COCc1cc(C)nc(OC[C@@H]2OC(c3ccc(-c4cc([N+](=O)[O-])ccc4C)o3)=NN2C(C)=O)c1C#N. The van der Waals surface area contributed by atoms with E-state index in [-0.39, 0.29) is 42.0 Å². The number of hydrazone groups is 1. The number of rotatable bonds is 8. The number of pyridine rings is 1. The predicted molar refractivity (Wildman–Crippen MR) is 129 cm³/mol. The molecule has 0 bridgehead atoms. The van der Waals surface area contributed by atoms with Gasteiger partial charge in [-0.3, -0.25) is 14.9 Å². The number of hydrogen-bond acceptors (Lipinski definition) is 10. The van der Waals surface area contributed by atoms with Gasteiger partial charge in [0.25, 0.3) is 11.6 Å². The Morgan fingerprint density at radius 1 is 1.24 bits per heavy atom. The number of benzene rings is 1. The topological polar surface area (TPSA) is 153 Å². The third-order valence-electron chi connectivity index (χ3n) is 5.53. The molecule has 1 amide bonds. The van der Waals surface area contributed by atoms with Crippen molar-refractivity contribution in [3.8, 4) is 23.3 Å². The molecule has 37 heavy (non-hydrogen) atoms. The van der Waals surface area contributed by atoms with Crippen molar-refractivity contribution in [2.75, 3.05) is 13.7 Å². The molecule has 0 radical (unpaired) electrons. The molecule has 1 aromatic carbocycles. The first kappa shape index (κ1) is 25.3. The summed E-state index contributed by atoms with van der Waals surface area (Å²) in [5, 5.41) is 26.1. The second-order valence-corrected chi connectivity index (χ2v) is 8.22. The molecule has 0 saturated carbocycles. The Balaban J connectivity index is 1.55. The molecule has 3 heterocycles. The maximum atomic E-state index is 12.2. The lowest BCUT2D eigenvalue weighted by Crippen LogP contribution is -2.37. The van der Waals surface area contributed by atoms with Crippen LogP contribution in [0, 0.1) is 35.3 Å². The van der Waals surface area contributed by atoms with Gasteiger partial charge in [-0.05, 0) is 37.6 Å². The monoisotopic (exact) mass is 505 g/mol. The van der Waals surface area contributed by atoms with Crippen molar-refractivity contribution in [3.63, 3.8) is 0 Å². The molecule has 12 nitrogen and oxygen atoms in total. The average Bonchev–Trinajstić information content (AvgIpc) is 3.50. The second-order valence-electron chi connectivity index (χ2n) is 8.22. The molecule has 0 spiro atoms. The van der Waals surface area contributed by atoms with E-state index in [2.05, 4.69) is 16.2 Å². The third-order valence-corrected chi connectivity index (χ3v) is 5.53. The van der Waals surface area contributed by atoms with Crippen LogP contribution in [0.1, 0.15) is 35.1 Å². The summed E-state index contributed by atoms with van der Waals surface area (Å²) in [5.74, 6) is 0.337. The first-order valence-electron chi connectivity index (χ1n) is 11.1. The van der Waals surface area contributed by atoms with Gasteiger partial charge in [-0.15, -0.1) is 5.10 Å². The quantitative estimate of drug-likeness (QED) is 0.328. The zero-order chi connectivity index (χ0) is 26.7. The largest absolute Gasteiger partial charge is 0.471 e. The van der Waals surface area contributed by atoms with Crippen LogP contribution in [-0.4, -0.2) is 46.7 Å². The summed E-state index contributed by atoms with van der Waals surface area (Å²) >= 11 is 0. The van der Waals surface area contributed by atoms with E-state index in [4.69, 9.17) is 18.6 Å². The fourth-order valence-corrected chi connectivity index (χ4v) is 3.79. The Morgan fingerprint density at radius 2 is 2.00 bits per heavy atom. The lowest BCUT2D eigenvalue weighted by atomic mass is 10.1. The summed E-state index contributed by atoms with van der Waals surface area (Å²) in [6.07, 6.45) is -0.944. The Bertz CT molecular complexity index is 1440. The standard InChI is InChI=1S/C25H23N5O7/c1-14-5-6-18(30(32)33)10-19(14)21-7-8-22(36-21)25-28-29(16(3)31)23(37-25)13-35-24-20(11-26)17(12-34-4)9-15(2)27-24/h5-10,23H,12-13H2,1-4H3/t23-/m0/s1. The van der Waals surface area contributed by atoms with Crippen LogP contribution < -0.4 is 4.74 Å². The summed E-state index contributed by atoms with van der Waals surface area (Å²) in [6.45, 7) is 4.94. The van der Waals surface area contributed by atoms with E-state index in [0.29, 0.717) is 22.6 Å². The molecule has 1 aliphatic rings. The third kappa shape index (κ3) is 5.26. The van der Waals surface area contributed by atoms with E-state index in [9.17, 15) is 20.2 Å². The van der Waals surface area contributed by atoms with Gasteiger partial charge in [0.05, 0.1) is 11.5 Å². The van der Waals surface area contributed by atoms with Crippen LogP contribution in [0.5, 0.6) is 5.88 Å². The van der Waals surface area contributed by atoms with Crippen LogP contribution in [0.2, 0.25) is 0 Å². The van der Waals surface area contributed by atoms with Gasteiger partial charge in [-0.1, -0.05) is 6.07 Å². The van der Waals surface area contributed by atoms with Gasteiger partial charge in [0.1, 0.15) is 24.0 Å². The van der Waals surface area contributed by atoms with Crippen LogP contribution in [0.3, 0.4) is 0 Å². The van der Waals surface area contributed by atoms with Gasteiger partial charge in [0.15, 0.2) is 5.76 Å². The van der Waals surface area contributed by atoms with Gasteiger partial charge in [-0.25, -0.2) is 4.98 Å². The van der Waals surface area contributed by atoms with E-state index >= 15 is 0 Å². The number of ether oxygens (including phenoxy) is 3. The van der Waals surface area contributed by atoms with Crippen LogP contribution in [-0.2, 0) is 20.9 Å². The maximum Gasteiger partial charge on any atom is 0.277 e. The number of methoxy groups -OCH3 is 1. The molecule has 2 aromatic heterocycles. The Kier molecular flexibility index (Phi) is 7.17. The van der Waals surface area contributed by atoms with Crippen molar-refractivity contribution in [3.05, 3.63) is 74.7 Å². The number of nitro groups is 1. The van der Waals surface area contributed by atoms with Crippen LogP contribution in [0.15, 0.2) is 45.9 Å². The van der Waals surface area contributed by atoms with Gasteiger partial charge in [0, 0.05) is 43.0 Å². The fourth-order valence-electron chi connectivity index (χ4n) is 3.79. The Hall–Kier alpha value is -4.76. The average molecular weight is 505 g/mol. The molecule has 3 aromatic rings. The number of nitriles is 1. The van der Waals surface area contributed by atoms with E-state index in [1.165, 1.54) is 26.2 Å². The highest BCUT2D eigenvalue weighted by molar-refractivity contribution is 5.94. The van der Waals surface area contributed by atoms with Gasteiger partial charge in [-0.2, -0.15) is 10.3 Å². The summed E-state index contributed by atoms with van der Waals surface area (Å²) in [6, 6.07) is 11.5. The summed E-state index contributed by atoms with van der Waals surface area (Å²) < 4.78 is 22.7. The highest BCUT2D eigenvalue weighted by Gasteiger charge is 2.34. The molecule has 190 valence electrons. The van der Waals surface area contributed by atoms with Crippen molar-refractivity contribution in [1.82, 2.24) is 9.99 Å². The summed E-state index contributed by atoms with van der Waals surface area (Å²) in [4.78, 5) is 27.2. The molecular formula is C25H23N5O7. The number of nitrogens with zero attached hydrogens (tertiary/aromatic N) is 5. The molecule has 1 atom stereocenters. The van der Waals surface area contributed by atoms with E-state index in [1.807, 2.05) is 6.92 Å². The van der Waals surface area contributed by atoms with E-state index in [0.717, 1.165) is 10.6 Å². The molecule has 1 aliphatic heterocycles.